The Hall–Kier alpha value is -2.05. The van der Waals surface area contributed by atoms with Crippen molar-refractivity contribution in [2.45, 2.75) is 65.1 Å². The first-order valence-corrected chi connectivity index (χ1v) is 8.64. The van der Waals surface area contributed by atoms with Gasteiger partial charge < -0.3 is 19.1 Å². The SMILES string of the molecule is C=C(C)C(=O)OCCCC(=O)OC1CCN(C(=O)OC(C)(C)CC)C1. The van der Waals surface area contributed by atoms with Crippen molar-refractivity contribution in [2.24, 2.45) is 0 Å². The highest BCUT2D eigenvalue weighted by molar-refractivity contribution is 5.86. The molecule has 25 heavy (non-hydrogen) atoms. The summed E-state index contributed by atoms with van der Waals surface area (Å²) in [4.78, 5) is 36.7. The smallest absolute Gasteiger partial charge is 0.410 e. The van der Waals surface area contributed by atoms with Crippen molar-refractivity contribution in [1.82, 2.24) is 4.90 Å². The summed E-state index contributed by atoms with van der Waals surface area (Å²) in [7, 11) is 0. The van der Waals surface area contributed by atoms with Gasteiger partial charge in [0.15, 0.2) is 0 Å². The molecule has 1 atom stereocenters. The molecule has 1 aliphatic heterocycles. The average Bonchev–Trinajstić information content (AvgIpc) is 2.99. The van der Waals surface area contributed by atoms with Crippen molar-refractivity contribution in [2.75, 3.05) is 19.7 Å². The molecule has 1 rings (SSSR count). The fourth-order valence-electron chi connectivity index (χ4n) is 2.11. The second kappa shape index (κ2) is 9.44. The average molecular weight is 355 g/mol. The van der Waals surface area contributed by atoms with Gasteiger partial charge in [0.1, 0.15) is 11.7 Å². The van der Waals surface area contributed by atoms with Crippen molar-refractivity contribution >= 4 is 18.0 Å². The van der Waals surface area contributed by atoms with Crippen molar-refractivity contribution in [3.05, 3.63) is 12.2 Å². The van der Waals surface area contributed by atoms with Crippen LogP contribution in [0.2, 0.25) is 0 Å². The van der Waals surface area contributed by atoms with E-state index in [0.29, 0.717) is 31.5 Å². The molecule has 0 aliphatic carbocycles. The van der Waals surface area contributed by atoms with Crippen LogP contribution in [0, 0.1) is 0 Å². The third-order valence-corrected chi connectivity index (χ3v) is 4.02. The van der Waals surface area contributed by atoms with E-state index < -0.39 is 11.6 Å². The summed E-state index contributed by atoms with van der Waals surface area (Å²) in [5.74, 6) is -0.825. The second-order valence-electron chi connectivity index (χ2n) is 6.85. The Bertz CT molecular complexity index is 514. The van der Waals surface area contributed by atoms with E-state index in [4.69, 9.17) is 14.2 Å². The van der Waals surface area contributed by atoms with Gasteiger partial charge in [-0.05, 0) is 33.6 Å². The fourth-order valence-corrected chi connectivity index (χ4v) is 2.11. The fraction of sp³-hybridized carbons (Fsp3) is 0.722. The van der Waals surface area contributed by atoms with E-state index in [1.165, 1.54) is 0 Å². The summed E-state index contributed by atoms with van der Waals surface area (Å²) in [6.45, 7) is 11.7. The molecule has 1 amide bonds. The molecule has 0 radical (unpaired) electrons. The van der Waals surface area contributed by atoms with Crippen LogP contribution in [0.15, 0.2) is 12.2 Å². The van der Waals surface area contributed by atoms with Gasteiger partial charge in [0.2, 0.25) is 0 Å². The zero-order valence-corrected chi connectivity index (χ0v) is 15.6. The van der Waals surface area contributed by atoms with Crippen molar-refractivity contribution < 1.29 is 28.6 Å². The molecule has 0 aromatic heterocycles. The van der Waals surface area contributed by atoms with Crippen LogP contribution in [0.25, 0.3) is 0 Å². The van der Waals surface area contributed by atoms with E-state index in [-0.39, 0.29) is 31.2 Å². The van der Waals surface area contributed by atoms with Crippen LogP contribution < -0.4 is 0 Å². The molecule has 0 aromatic carbocycles. The Morgan fingerprint density at radius 3 is 2.56 bits per heavy atom. The predicted molar refractivity (Wildman–Crippen MR) is 91.9 cm³/mol. The van der Waals surface area contributed by atoms with Gasteiger partial charge in [0.25, 0.3) is 0 Å². The molecule has 0 bridgehead atoms. The van der Waals surface area contributed by atoms with Crippen LogP contribution >= 0.6 is 0 Å². The third kappa shape index (κ3) is 7.58. The molecule has 1 fully saturated rings. The molecule has 0 spiro atoms. The molecule has 7 heteroatoms. The Balaban J connectivity index is 2.26. The number of ether oxygens (including phenoxy) is 3. The number of carbonyl (C=O) groups excluding carboxylic acids is 3. The summed E-state index contributed by atoms with van der Waals surface area (Å²) >= 11 is 0. The third-order valence-electron chi connectivity index (χ3n) is 4.02. The second-order valence-corrected chi connectivity index (χ2v) is 6.85. The molecular formula is C18H29NO6. The van der Waals surface area contributed by atoms with Gasteiger partial charge in [0.05, 0.1) is 13.2 Å². The van der Waals surface area contributed by atoms with Crippen LogP contribution in [0.5, 0.6) is 0 Å². The van der Waals surface area contributed by atoms with Crippen molar-refractivity contribution in [1.29, 1.82) is 0 Å². The quantitative estimate of drug-likeness (QED) is 0.288. The van der Waals surface area contributed by atoms with E-state index in [1.54, 1.807) is 11.8 Å². The molecular weight excluding hydrogens is 326 g/mol. The monoisotopic (exact) mass is 355 g/mol. The summed E-state index contributed by atoms with van der Waals surface area (Å²) in [5, 5.41) is 0. The van der Waals surface area contributed by atoms with Crippen LogP contribution in [0.1, 0.15) is 53.4 Å². The van der Waals surface area contributed by atoms with Gasteiger partial charge in [-0.15, -0.1) is 0 Å². The molecule has 7 nitrogen and oxygen atoms in total. The maximum atomic E-state index is 12.1. The first-order valence-electron chi connectivity index (χ1n) is 8.64. The molecule has 1 heterocycles. The van der Waals surface area contributed by atoms with E-state index in [9.17, 15) is 14.4 Å². The van der Waals surface area contributed by atoms with Crippen molar-refractivity contribution in [3.63, 3.8) is 0 Å². The molecule has 1 aliphatic rings. The lowest BCUT2D eigenvalue weighted by atomic mass is 10.1. The number of nitrogens with zero attached hydrogens (tertiary/aromatic N) is 1. The van der Waals surface area contributed by atoms with E-state index in [2.05, 4.69) is 6.58 Å². The summed E-state index contributed by atoms with van der Waals surface area (Å²) in [6.07, 6.45) is 1.17. The number of rotatable bonds is 8. The summed E-state index contributed by atoms with van der Waals surface area (Å²) in [6, 6.07) is 0. The number of esters is 2. The van der Waals surface area contributed by atoms with E-state index in [0.717, 1.165) is 6.42 Å². The summed E-state index contributed by atoms with van der Waals surface area (Å²) < 4.78 is 15.7. The topological polar surface area (TPSA) is 82.1 Å². The largest absolute Gasteiger partial charge is 0.462 e. The van der Waals surface area contributed by atoms with Gasteiger partial charge in [0, 0.05) is 25.0 Å². The Kier molecular flexibility index (Phi) is 7.93. The van der Waals surface area contributed by atoms with Crippen LogP contribution in [-0.4, -0.2) is 54.3 Å². The van der Waals surface area contributed by atoms with Crippen LogP contribution in [0.4, 0.5) is 4.79 Å². The van der Waals surface area contributed by atoms with Gasteiger partial charge in [-0.1, -0.05) is 13.5 Å². The van der Waals surface area contributed by atoms with E-state index >= 15 is 0 Å². The van der Waals surface area contributed by atoms with Crippen LogP contribution in [0.3, 0.4) is 0 Å². The minimum atomic E-state index is -0.507. The molecule has 0 saturated carbocycles. The number of hydrogen-bond donors (Lipinski definition) is 0. The standard InChI is InChI=1S/C18H29NO6/c1-6-18(4,5)25-17(22)19-10-9-14(12-19)24-15(20)8-7-11-23-16(21)13(2)3/h14H,2,6-12H2,1,3-5H3. The molecule has 142 valence electrons. The lowest BCUT2D eigenvalue weighted by Crippen LogP contribution is -2.37. The lowest BCUT2D eigenvalue weighted by molar-refractivity contribution is -0.150. The van der Waals surface area contributed by atoms with Gasteiger partial charge in [-0.25, -0.2) is 9.59 Å². The Morgan fingerprint density at radius 2 is 1.96 bits per heavy atom. The molecule has 0 aromatic rings. The van der Waals surface area contributed by atoms with Gasteiger partial charge in [-0.3, -0.25) is 4.79 Å². The Labute approximate surface area is 149 Å². The molecule has 1 saturated heterocycles. The maximum absolute atomic E-state index is 12.1. The van der Waals surface area contributed by atoms with Gasteiger partial charge in [-0.2, -0.15) is 0 Å². The Morgan fingerprint density at radius 1 is 1.28 bits per heavy atom. The minimum absolute atomic E-state index is 0.149. The highest BCUT2D eigenvalue weighted by Gasteiger charge is 2.32. The maximum Gasteiger partial charge on any atom is 0.410 e. The van der Waals surface area contributed by atoms with Crippen LogP contribution in [-0.2, 0) is 23.8 Å². The minimum Gasteiger partial charge on any atom is -0.462 e. The van der Waals surface area contributed by atoms with Gasteiger partial charge >= 0.3 is 18.0 Å². The zero-order valence-electron chi connectivity index (χ0n) is 15.6. The number of carbonyl (C=O) groups is 3. The number of likely N-dealkylation sites (tertiary alicyclic amines) is 1. The highest BCUT2D eigenvalue weighted by Crippen LogP contribution is 2.19. The highest BCUT2D eigenvalue weighted by atomic mass is 16.6. The zero-order chi connectivity index (χ0) is 19.0. The molecule has 0 N–H and O–H groups in total. The summed E-state index contributed by atoms with van der Waals surface area (Å²) in [5.41, 5.74) is -0.181. The first kappa shape index (κ1) is 21.0. The first-order chi connectivity index (χ1) is 11.6. The normalized spacial score (nSPS) is 17.1. The predicted octanol–water partition coefficient (Wildman–Crippen LogP) is 2.83. The lowest BCUT2D eigenvalue weighted by Gasteiger charge is -2.26. The number of hydrogen-bond acceptors (Lipinski definition) is 6. The van der Waals surface area contributed by atoms with Crippen molar-refractivity contribution in [3.8, 4) is 0 Å². The van der Waals surface area contributed by atoms with E-state index in [1.807, 2.05) is 20.8 Å². The number of amides is 1. The molecule has 1 unspecified atom stereocenters.